The second kappa shape index (κ2) is 11.2. The number of fused-ring (bicyclic) bond motifs is 7. The Morgan fingerprint density at radius 3 is 2.45 bits per heavy atom. The van der Waals surface area contributed by atoms with Gasteiger partial charge in [-0.25, -0.2) is 0 Å². The molecule has 2 atom stereocenters. The third kappa shape index (κ3) is 4.58. The van der Waals surface area contributed by atoms with Crippen molar-refractivity contribution in [3.05, 3.63) is 84.8 Å². The largest absolute Gasteiger partial charge is 0.657 e. The molecule has 8 bridgehead atoms. The summed E-state index contributed by atoms with van der Waals surface area (Å²) in [6.07, 6.45) is 10.0. The number of hydrogen-bond acceptors (Lipinski definition) is 4. The van der Waals surface area contributed by atoms with E-state index in [0.717, 1.165) is 84.7 Å². The number of rotatable bonds is 5. The van der Waals surface area contributed by atoms with Gasteiger partial charge < -0.3 is 25.0 Å². The standard InChI is InChI=1S/C34H36N4O3.Cu/c1-8-20-16(3)24-13-26-18(5)22(10-11-31(40)41-7)33(37-26)23-12-30(39)32-19(6)27(38-34(23)32)15-29-21(9-2)17(4)25(36-29)14-28(20)35-24;/h8,13-15,18,22H,1,9-12H2,2-7H3,(H2,37,38,39);/q-2;/p-1/b25-14?,26-13-,29-15+;. The summed E-state index contributed by atoms with van der Waals surface area (Å²) < 4.78 is 4.96. The number of ether oxygens (including phenoxy) is 1. The minimum absolute atomic E-state index is 0. The van der Waals surface area contributed by atoms with Gasteiger partial charge in [0.15, 0.2) is 5.78 Å². The van der Waals surface area contributed by atoms with Gasteiger partial charge in [-0.05, 0) is 44.7 Å². The maximum absolute atomic E-state index is 13.4. The van der Waals surface area contributed by atoms with E-state index in [2.05, 4.69) is 45.7 Å². The fourth-order valence-electron chi connectivity index (χ4n) is 6.74. The van der Waals surface area contributed by atoms with E-state index in [1.165, 1.54) is 7.11 Å². The second-order valence-electron chi connectivity index (χ2n) is 11.3. The number of ketones is 1. The van der Waals surface area contributed by atoms with Crippen LogP contribution in [0.2, 0.25) is 0 Å². The molecule has 7 nitrogen and oxygen atoms in total. The van der Waals surface area contributed by atoms with Crippen molar-refractivity contribution in [1.82, 2.24) is 20.3 Å². The molecule has 1 fully saturated rings. The SMILES string of the molecule is C=Cc1c2[n-]c(c1C)/C=C1\N/C(=C3/CC(=O)c4c3[n-]c(c4C)/C=c3/[n-]c(c(C)c3CC)=C2)C(CCC(=O)OC)C1C.[Cu]. The maximum Gasteiger partial charge on any atom is 0.305 e. The Morgan fingerprint density at radius 2 is 1.76 bits per heavy atom. The van der Waals surface area contributed by atoms with Crippen LogP contribution in [0.4, 0.5) is 0 Å². The zero-order chi connectivity index (χ0) is 29.2. The summed E-state index contributed by atoms with van der Waals surface area (Å²) in [5.74, 6) is -0.0878. The first-order valence-corrected chi connectivity index (χ1v) is 14.3. The molecule has 42 heavy (non-hydrogen) atoms. The molecule has 223 valence electrons. The minimum atomic E-state index is -0.243. The Hall–Kier alpha value is -3.74. The van der Waals surface area contributed by atoms with E-state index in [0.29, 0.717) is 24.8 Å². The number of allylic oxidation sites excluding steroid dienone is 3. The van der Waals surface area contributed by atoms with E-state index in [-0.39, 0.29) is 40.7 Å². The van der Waals surface area contributed by atoms with Gasteiger partial charge >= 0.3 is 5.97 Å². The molecular formula is C34H35CuN4O3-3. The number of methoxy groups -OCH3 is 1. The number of hydrogen-bond donors (Lipinski definition) is 1. The number of nitrogens with zero attached hydrogens (tertiary/aromatic N) is 3. The summed E-state index contributed by atoms with van der Waals surface area (Å²) >= 11 is 0. The molecule has 3 aliphatic rings. The Bertz CT molecular complexity index is 1830. The number of carbonyl (C=O) groups excluding carboxylic acids is 2. The number of nitrogens with one attached hydrogen (secondary N) is 1. The van der Waals surface area contributed by atoms with E-state index in [4.69, 9.17) is 19.7 Å². The van der Waals surface area contributed by atoms with Crippen LogP contribution in [0.25, 0.3) is 29.9 Å². The molecular weight excluding hydrogens is 576 g/mol. The molecule has 6 rings (SSSR count). The van der Waals surface area contributed by atoms with Crippen molar-refractivity contribution >= 4 is 41.6 Å². The van der Waals surface area contributed by atoms with Gasteiger partial charge in [0.05, 0.1) is 7.11 Å². The maximum atomic E-state index is 13.4. The molecule has 0 amide bonds. The van der Waals surface area contributed by atoms with Gasteiger partial charge in [0.2, 0.25) is 0 Å². The Morgan fingerprint density at radius 1 is 1.05 bits per heavy atom. The topological polar surface area (TPSA) is 97.7 Å². The van der Waals surface area contributed by atoms with Crippen LogP contribution in [-0.4, -0.2) is 18.9 Å². The van der Waals surface area contributed by atoms with Crippen LogP contribution in [0.15, 0.2) is 18.0 Å². The molecule has 0 saturated carbocycles. The van der Waals surface area contributed by atoms with Crippen molar-refractivity contribution in [2.75, 3.05) is 7.11 Å². The predicted molar refractivity (Wildman–Crippen MR) is 160 cm³/mol. The van der Waals surface area contributed by atoms with Crippen molar-refractivity contribution in [3.63, 3.8) is 0 Å². The van der Waals surface area contributed by atoms with E-state index in [1.54, 1.807) is 0 Å². The van der Waals surface area contributed by atoms with Crippen molar-refractivity contribution in [1.29, 1.82) is 0 Å². The fourth-order valence-corrected chi connectivity index (χ4v) is 6.74. The average molecular weight is 611 g/mol. The Labute approximate surface area is 256 Å². The van der Waals surface area contributed by atoms with Crippen LogP contribution in [-0.2, 0) is 33.0 Å². The molecule has 2 unspecified atom stereocenters. The minimum Gasteiger partial charge on any atom is -0.657 e. The fraction of sp³-hybridized carbons (Fsp3) is 0.353. The zero-order valence-corrected chi connectivity index (χ0v) is 25.8. The first-order chi connectivity index (χ1) is 19.7. The summed E-state index contributed by atoms with van der Waals surface area (Å²) in [5.41, 5.74) is 12.0. The van der Waals surface area contributed by atoms with Crippen LogP contribution < -0.4 is 31.0 Å². The number of carbonyl (C=O) groups is 2. The molecule has 2 aliphatic heterocycles. The van der Waals surface area contributed by atoms with Gasteiger partial charge in [-0.15, -0.1) is 33.5 Å². The normalized spacial score (nSPS) is 22.4. The van der Waals surface area contributed by atoms with E-state index in [1.807, 2.05) is 25.2 Å². The third-order valence-electron chi connectivity index (χ3n) is 9.18. The van der Waals surface area contributed by atoms with Crippen LogP contribution in [0.3, 0.4) is 0 Å². The summed E-state index contributed by atoms with van der Waals surface area (Å²) in [5, 5.41) is 5.43. The Balaban J connectivity index is 0.00000353. The molecule has 1 aliphatic carbocycles. The number of esters is 1. The molecule has 0 aromatic carbocycles. The van der Waals surface area contributed by atoms with Crippen molar-refractivity contribution in [2.24, 2.45) is 11.8 Å². The van der Waals surface area contributed by atoms with Gasteiger partial charge in [0, 0.05) is 58.7 Å². The second-order valence-corrected chi connectivity index (χ2v) is 11.3. The smallest absolute Gasteiger partial charge is 0.305 e. The molecule has 3 aromatic rings. The predicted octanol–water partition coefficient (Wildman–Crippen LogP) is 3.80. The van der Waals surface area contributed by atoms with Gasteiger partial charge in [-0.2, -0.15) is 0 Å². The van der Waals surface area contributed by atoms with Gasteiger partial charge in [0.1, 0.15) is 0 Å². The van der Waals surface area contributed by atoms with Crippen LogP contribution in [0.1, 0.15) is 94.1 Å². The van der Waals surface area contributed by atoms with Crippen LogP contribution in [0, 0.1) is 32.6 Å². The van der Waals surface area contributed by atoms with Crippen molar-refractivity contribution in [2.45, 2.75) is 60.3 Å². The monoisotopic (exact) mass is 610 g/mol. The zero-order valence-electron chi connectivity index (χ0n) is 24.9. The summed E-state index contributed by atoms with van der Waals surface area (Å²) in [6.45, 7) is 14.5. The molecule has 8 heteroatoms. The summed E-state index contributed by atoms with van der Waals surface area (Å²) in [4.78, 5) is 40.7. The summed E-state index contributed by atoms with van der Waals surface area (Å²) in [6, 6.07) is 0. The molecule has 0 spiro atoms. The van der Waals surface area contributed by atoms with Gasteiger partial charge in [0.25, 0.3) is 0 Å². The number of Topliss-reactive ketones (excluding diaryl/α,β-unsaturated/α-hetero) is 1. The Kier molecular flexibility index (Phi) is 7.90. The first kappa shape index (κ1) is 29.7. The third-order valence-corrected chi connectivity index (χ3v) is 9.18. The quantitative estimate of drug-likeness (QED) is 0.347. The first-order valence-electron chi connectivity index (χ1n) is 14.3. The molecule has 1 radical (unpaired) electrons. The van der Waals surface area contributed by atoms with Gasteiger partial charge in [-0.1, -0.05) is 67.0 Å². The molecule has 1 N–H and O–H groups in total. The van der Waals surface area contributed by atoms with Crippen molar-refractivity contribution in [3.8, 4) is 0 Å². The molecule has 5 heterocycles. The van der Waals surface area contributed by atoms with Crippen LogP contribution >= 0.6 is 0 Å². The number of aromatic nitrogens is 3. The molecule has 1 saturated heterocycles. The summed E-state index contributed by atoms with van der Waals surface area (Å²) in [7, 11) is 1.41. The van der Waals surface area contributed by atoms with Crippen LogP contribution in [0.5, 0.6) is 0 Å². The van der Waals surface area contributed by atoms with E-state index in [9.17, 15) is 9.59 Å². The molecule has 3 aromatic heterocycles. The van der Waals surface area contributed by atoms with Gasteiger partial charge in [-0.3, -0.25) is 9.59 Å². The average Bonchev–Trinajstić information content (AvgIpc) is 3.70. The van der Waals surface area contributed by atoms with E-state index >= 15 is 0 Å². The van der Waals surface area contributed by atoms with E-state index < -0.39 is 0 Å². The van der Waals surface area contributed by atoms with Crippen molar-refractivity contribution < 1.29 is 31.4 Å².